The van der Waals surface area contributed by atoms with Gasteiger partial charge >= 0.3 is 0 Å². The smallest absolute Gasteiger partial charge is 0.273 e. The first-order valence-electron chi connectivity index (χ1n) is 9.70. The van der Waals surface area contributed by atoms with Crippen LogP contribution in [-0.2, 0) is 16.5 Å². The maximum absolute atomic E-state index is 11.9. The van der Waals surface area contributed by atoms with Crippen molar-refractivity contribution in [3.05, 3.63) is 43.8 Å². The van der Waals surface area contributed by atoms with Crippen LogP contribution in [0.4, 0.5) is 11.4 Å². The Bertz CT molecular complexity index is 897. The van der Waals surface area contributed by atoms with Crippen LogP contribution in [-0.4, -0.2) is 69.3 Å². The summed E-state index contributed by atoms with van der Waals surface area (Å²) in [6.07, 6.45) is 3.51. The highest BCUT2D eigenvalue weighted by Gasteiger charge is 2.17. The third-order valence-electron chi connectivity index (χ3n) is 4.83. The Balaban J connectivity index is 0.000000171. The van der Waals surface area contributed by atoms with Gasteiger partial charge < -0.3 is 28.6 Å². The molecule has 0 radical (unpaired) electrons. The van der Waals surface area contributed by atoms with Gasteiger partial charge in [0.1, 0.15) is 11.4 Å². The van der Waals surface area contributed by atoms with E-state index in [9.17, 15) is 4.79 Å². The maximum atomic E-state index is 11.9. The number of aryl methyl sites for hydroxylation is 1. The molecule has 0 atom stereocenters. The molecule has 2 aliphatic heterocycles. The number of aromatic nitrogens is 2. The number of methoxy groups -OCH3 is 1. The summed E-state index contributed by atoms with van der Waals surface area (Å²) in [6, 6.07) is 3.89. The number of hydrogen-bond donors (Lipinski definition) is 0. The maximum Gasteiger partial charge on any atom is 0.273 e. The van der Waals surface area contributed by atoms with Crippen LogP contribution in [0.15, 0.2) is 38.3 Å². The molecule has 0 aromatic carbocycles. The average molecular weight is 546 g/mol. The molecule has 2 aromatic heterocycles. The normalized spacial score (nSPS) is 16.7. The summed E-state index contributed by atoms with van der Waals surface area (Å²) < 4.78 is 19.3. The van der Waals surface area contributed by atoms with E-state index < -0.39 is 0 Å². The van der Waals surface area contributed by atoms with E-state index in [1.807, 2.05) is 12.1 Å². The van der Waals surface area contributed by atoms with Crippen molar-refractivity contribution in [3.63, 3.8) is 0 Å². The van der Waals surface area contributed by atoms with Crippen LogP contribution in [0.1, 0.15) is 0 Å². The summed E-state index contributed by atoms with van der Waals surface area (Å²) in [6.45, 7) is 6.23. The molecule has 30 heavy (non-hydrogen) atoms. The Hall–Kier alpha value is -1.62. The van der Waals surface area contributed by atoms with Gasteiger partial charge in [0.25, 0.3) is 5.56 Å². The minimum atomic E-state index is 0.0418. The number of halogens is 2. The largest absolute Gasteiger partial charge is 0.480 e. The van der Waals surface area contributed by atoms with Crippen molar-refractivity contribution in [2.24, 2.45) is 7.05 Å². The third kappa shape index (κ3) is 5.96. The zero-order valence-electron chi connectivity index (χ0n) is 17.1. The van der Waals surface area contributed by atoms with Crippen LogP contribution in [0.3, 0.4) is 0 Å². The summed E-state index contributed by atoms with van der Waals surface area (Å²) in [7, 11) is 3.40. The molecular weight excluding hydrogens is 520 g/mol. The molecule has 0 N–H and O–H groups in total. The summed E-state index contributed by atoms with van der Waals surface area (Å²) in [5.74, 6) is 0.667. The van der Waals surface area contributed by atoms with Gasteiger partial charge in [0, 0.05) is 54.6 Å². The third-order valence-corrected chi connectivity index (χ3v) is 5.69. The second kappa shape index (κ2) is 11.1. The standard InChI is InChI=1S/2C10H13BrN2O2/c1-14-10-9(6-8(11)7-12-10)13-2-4-15-5-3-13;1-12-7-8(11)6-9(10(12)14)13-2-4-15-5-3-13/h2*6-7H,2-5H2,1H3. The number of nitrogens with zero attached hydrogens (tertiary/aromatic N) is 4. The van der Waals surface area contributed by atoms with Gasteiger partial charge in [-0.1, -0.05) is 0 Å². The fourth-order valence-corrected chi connectivity index (χ4v) is 4.13. The Kier molecular flexibility index (Phi) is 8.55. The summed E-state index contributed by atoms with van der Waals surface area (Å²) >= 11 is 6.81. The van der Waals surface area contributed by atoms with Crippen LogP contribution in [0.25, 0.3) is 0 Å². The molecule has 0 amide bonds. The Morgan fingerprint density at radius 1 is 0.933 bits per heavy atom. The van der Waals surface area contributed by atoms with Crippen molar-refractivity contribution in [1.82, 2.24) is 9.55 Å². The number of rotatable bonds is 3. The van der Waals surface area contributed by atoms with Crippen molar-refractivity contribution in [3.8, 4) is 5.88 Å². The molecule has 2 fully saturated rings. The molecule has 2 saturated heterocycles. The van der Waals surface area contributed by atoms with Crippen molar-refractivity contribution in [2.45, 2.75) is 0 Å². The highest BCUT2D eigenvalue weighted by atomic mass is 79.9. The van der Waals surface area contributed by atoms with Crippen molar-refractivity contribution < 1.29 is 14.2 Å². The van der Waals surface area contributed by atoms with Crippen LogP contribution in [0, 0.1) is 0 Å². The van der Waals surface area contributed by atoms with Crippen LogP contribution in [0.5, 0.6) is 5.88 Å². The zero-order valence-corrected chi connectivity index (χ0v) is 20.3. The number of pyridine rings is 2. The molecule has 164 valence electrons. The fourth-order valence-electron chi connectivity index (χ4n) is 3.29. The predicted molar refractivity (Wildman–Crippen MR) is 124 cm³/mol. The summed E-state index contributed by atoms with van der Waals surface area (Å²) in [5, 5.41) is 0. The van der Waals surface area contributed by atoms with Gasteiger partial charge in [-0.25, -0.2) is 4.98 Å². The minimum absolute atomic E-state index is 0.0418. The number of anilines is 2. The molecule has 10 heteroatoms. The van der Waals surface area contributed by atoms with E-state index in [0.29, 0.717) is 19.1 Å². The Morgan fingerprint density at radius 3 is 2.03 bits per heavy atom. The first kappa shape index (κ1) is 23.1. The quantitative estimate of drug-likeness (QED) is 0.587. The lowest BCUT2D eigenvalue weighted by atomic mass is 10.3. The summed E-state index contributed by atoms with van der Waals surface area (Å²) in [5.41, 5.74) is 1.81. The molecule has 4 rings (SSSR count). The second-order valence-electron chi connectivity index (χ2n) is 6.84. The number of ether oxygens (including phenoxy) is 3. The molecule has 0 saturated carbocycles. The topological polar surface area (TPSA) is 69.1 Å². The SMILES string of the molecule is COc1ncc(Br)cc1N1CCOCC1.Cn1cc(Br)cc(N2CCOCC2)c1=O. The van der Waals surface area contributed by atoms with Gasteiger partial charge in [-0.3, -0.25) is 4.79 Å². The fraction of sp³-hybridized carbons (Fsp3) is 0.500. The molecule has 0 bridgehead atoms. The molecule has 2 aliphatic rings. The molecule has 8 nitrogen and oxygen atoms in total. The van der Waals surface area contributed by atoms with Crippen LogP contribution < -0.4 is 20.1 Å². The average Bonchev–Trinajstić information content (AvgIpc) is 2.78. The van der Waals surface area contributed by atoms with E-state index in [1.54, 1.807) is 31.1 Å². The van der Waals surface area contributed by atoms with E-state index >= 15 is 0 Å². The second-order valence-corrected chi connectivity index (χ2v) is 8.67. The monoisotopic (exact) mass is 544 g/mol. The van der Waals surface area contributed by atoms with Gasteiger partial charge in [0.15, 0.2) is 0 Å². The molecule has 0 aliphatic carbocycles. The lowest BCUT2D eigenvalue weighted by Gasteiger charge is -2.29. The van der Waals surface area contributed by atoms with Crippen LogP contribution >= 0.6 is 31.9 Å². The summed E-state index contributed by atoms with van der Waals surface area (Å²) in [4.78, 5) is 20.4. The van der Waals surface area contributed by atoms with Gasteiger partial charge in [0.2, 0.25) is 5.88 Å². The highest BCUT2D eigenvalue weighted by molar-refractivity contribution is 9.10. The van der Waals surface area contributed by atoms with Crippen molar-refractivity contribution >= 4 is 43.2 Å². The molecule has 0 unspecified atom stereocenters. The van der Waals surface area contributed by atoms with Gasteiger partial charge in [0.05, 0.1) is 33.5 Å². The molecule has 4 heterocycles. The number of morpholine rings is 2. The van der Waals surface area contributed by atoms with Gasteiger partial charge in [-0.2, -0.15) is 0 Å². The minimum Gasteiger partial charge on any atom is -0.480 e. The Labute approximate surface area is 193 Å². The van der Waals surface area contributed by atoms with Gasteiger partial charge in [-0.05, 0) is 44.0 Å². The predicted octanol–water partition coefficient (Wildman–Crippen LogP) is 2.67. The first-order chi connectivity index (χ1) is 14.5. The van der Waals surface area contributed by atoms with Gasteiger partial charge in [-0.15, -0.1) is 0 Å². The van der Waals surface area contributed by atoms with E-state index in [-0.39, 0.29) is 5.56 Å². The zero-order chi connectivity index (χ0) is 21.5. The van der Waals surface area contributed by atoms with E-state index in [1.165, 1.54) is 0 Å². The molecular formula is C20H26Br2N4O4. The van der Waals surface area contributed by atoms with E-state index in [4.69, 9.17) is 14.2 Å². The van der Waals surface area contributed by atoms with E-state index in [2.05, 4.69) is 46.6 Å². The highest BCUT2D eigenvalue weighted by Crippen LogP contribution is 2.29. The van der Waals surface area contributed by atoms with Crippen molar-refractivity contribution in [2.75, 3.05) is 69.5 Å². The first-order valence-corrected chi connectivity index (χ1v) is 11.3. The van der Waals surface area contributed by atoms with E-state index in [0.717, 1.165) is 59.7 Å². The number of hydrogen-bond acceptors (Lipinski definition) is 7. The molecule has 2 aromatic rings. The lowest BCUT2D eigenvalue weighted by molar-refractivity contribution is 0.122. The van der Waals surface area contributed by atoms with Crippen LogP contribution in [0.2, 0.25) is 0 Å². The lowest BCUT2D eigenvalue weighted by Crippen LogP contribution is -2.40. The van der Waals surface area contributed by atoms with Crippen molar-refractivity contribution in [1.29, 1.82) is 0 Å². The molecule has 0 spiro atoms. The Morgan fingerprint density at radius 2 is 1.47 bits per heavy atom.